The second-order valence-electron chi connectivity index (χ2n) is 2.73. The Labute approximate surface area is 77.9 Å². The Hall–Kier alpha value is -1.06. The highest BCUT2D eigenvalue weighted by Gasteiger charge is 2.03. The number of hydrogen-bond acceptors (Lipinski definition) is 3. The van der Waals surface area contributed by atoms with Crippen molar-refractivity contribution in [1.29, 1.82) is 0 Å². The molecular weight excluding hydrogens is 168 g/mol. The summed E-state index contributed by atoms with van der Waals surface area (Å²) >= 11 is 0. The SMILES string of the molecule is COC[C@H](O)COc1ccccc1. The number of rotatable bonds is 5. The van der Waals surface area contributed by atoms with Gasteiger partial charge in [-0.25, -0.2) is 0 Å². The largest absolute Gasteiger partial charge is 0.491 e. The van der Waals surface area contributed by atoms with Gasteiger partial charge in [0.2, 0.25) is 0 Å². The lowest BCUT2D eigenvalue weighted by atomic mass is 10.3. The first kappa shape index (κ1) is 10.0. The average Bonchev–Trinajstić information content (AvgIpc) is 2.17. The maximum Gasteiger partial charge on any atom is 0.119 e. The van der Waals surface area contributed by atoms with E-state index in [2.05, 4.69) is 0 Å². The minimum absolute atomic E-state index is 0.262. The highest BCUT2D eigenvalue weighted by Crippen LogP contribution is 2.08. The van der Waals surface area contributed by atoms with Crippen LogP contribution in [0, 0.1) is 0 Å². The Morgan fingerprint density at radius 2 is 1.92 bits per heavy atom. The van der Waals surface area contributed by atoms with Crippen molar-refractivity contribution in [3.8, 4) is 5.75 Å². The molecule has 0 saturated heterocycles. The zero-order chi connectivity index (χ0) is 9.52. The molecule has 0 aliphatic rings. The van der Waals surface area contributed by atoms with Gasteiger partial charge in [-0.3, -0.25) is 0 Å². The predicted octanol–water partition coefficient (Wildman–Crippen LogP) is 1.07. The molecule has 0 bridgehead atoms. The van der Waals surface area contributed by atoms with Crippen LogP contribution >= 0.6 is 0 Å². The first-order valence-corrected chi connectivity index (χ1v) is 4.18. The highest BCUT2D eigenvalue weighted by molar-refractivity contribution is 5.20. The van der Waals surface area contributed by atoms with Crippen molar-refractivity contribution < 1.29 is 14.6 Å². The molecule has 0 aliphatic heterocycles. The van der Waals surface area contributed by atoms with E-state index in [1.165, 1.54) is 0 Å². The van der Waals surface area contributed by atoms with Gasteiger partial charge < -0.3 is 14.6 Å². The van der Waals surface area contributed by atoms with Crippen molar-refractivity contribution in [1.82, 2.24) is 0 Å². The van der Waals surface area contributed by atoms with Crippen LogP contribution in [0.3, 0.4) is 0 Å². The fourth-order valence-electron chi connectivity index (χ4n) is 0.950. The van der Waals surface area contributed by atoms with Gasteiger partial charge >= 0.3 is 0 Å². The number of aliphatic hydroxyl groups is 1. The molecule has 0 heterocycles. The smallest absolute Gasteiger partial charge is 0.119 e. The van der Waals surface area contributed by atoms with Crippen LogP contribution in [0.1, 0.15) is 0 Å². The van der Waals surface area contributed by atoms with Crippen LogP contribution in [-0.2, 0) is 4.74 Å². The molecule has 1 N–H and O–H groups in total. The van der Waals surface area contributed by atoms with E-state index in [-0.39, 0.29) is 6.61 Å². The predicted molar refractivity (Wildman–Crippen MR) is 49.8 cm³/mol. The van der Waals surface area contributed by atoms with Crippen molar-refractivity contribution in [3.05, 3.63) is 30.3 Å². The second-order valence-corrected chi connectivity index (χ2v) is 2.73. The standard InChI is InChI=1S/C10H14O3/c1-12-7-9(11)8-13-10-5-3-2-4-6-10/h2-6,9,11H,7-8H2,1H3/t9-/m0/s1. The molecule has 0 fully saturated rings. The number of benzene rings is 1. The summed E-state index contributed by atoms with van der Waals surface area (Å²) in [5.41, 5.74) is 0. The molecule has 0 aliphatic carbocycles. The number of aliphatic hydroxyl groups excluding tert-OH is 1. The van der Waals surface area contributed by atoms with Crippen LogP contribution < -0.4 is 4.74 Å². The lowest BCUT2D eigenvalue weighted by molar-refractivity contribution is 0.0325. The number of para-hydroxylation sites is 1. The quantitative estimate of drug-likeness (QED) is 0.740. The van der Waals surface area contributed by atoms with Crippen molar-refractivity contribution in [2.45, 2.75) is 6.10 Å². The van der Waals surface area contributed by atoms with E-state index in [1.807, 2.05) is 30.3 Å². The molecule has 1 rings (SSSR count). The van der Waals surface area contributed by atoms with Crippen LogP contribution in [0.15, 0.2) is 30.3 Å². The van der Waals surface area contributed by atoms with Crippen LogP contribution in [0.4, 0.5) is 0 Å². The van der Waals surface area contributed by atoms with Crippen molar-refractivity contribution in [2.24, 2.45) is 0 Å². The topological polar surface area (TPSA) is 38.7 Å². The van der Waals surface area contributed by atoms with Gasteiger partial charge in [-0.15, -0.1) is 0 Å². The molecule has 72 valence electrons. The lowest BCUT2D eigenvalue weighted by Gasteiger charge is -2.10. The molecule has 0 radical (unpaired) electrons. The molecule has 13 heavy (non-hydrogen) atoms. The van der Waals surface area contributed by atoms with E-state index < -0.39 is 6.10 Å². The molecule has 3 nitrogen and oxygen atoms in total. The van der Waals surface area contributed by atoms with E-state index in [1.54, 1.807) is 7.11 Å². The third kappa shape index (κ3) is 3.92. The average molecular weight is 182 g/mol. The molecule has 1 atom stereocenters. The fraction of sp³-hybridized carbons (Fsp3) is 0.400. The Balaban J connectivity index is 2.27. The summed E-state index contributed by atoms with van der Waals surface area (Å²) in [6, 6.07) is 9.38. The summed E-state index contributed by atoms with van der Waals surface area (Å²) in [4.78, 5) is 0. The van der Waals surface area contributed by atoms with E-state index in [0.29, 0.717) is 6.61 Å². The van der Waals surface area contributed by atoms with Crippen LogP contribution in [0.2, 0.25) is 0 Å². The molecule has 1 aromatic rings. The maximum absolute atomic E-state index is 9.26. The van der Waals surface area contributed by atoms with E-state index in [0.717, 1.165) is 5.75 Å². The number of hydrogen-bond donors (Lipinski definition) is 1. The molecule has 1 aromatic carbocycles. The molecule has 0 unspecified atom stereocenters. The number of ether oxygens (including phenoxy) is 2. The third-order valence-electron chi connectivity index (χ3n) is 1.54. The maximum atomic E-state index is 9.26. The Bertz CT molecular complexity index is 223. The Morgan fingerprint density at radius 3 is 2.54 bits per heavy atom. The summed E-state index contributed by atoms with van der Waals surface area (Å²) in [6.45, 7) is 0.560. The van der Waals surface area contributed by atoms with Gasteiger partial charge in [-0.05, 0) is 12.1 Å². The molecule has 0 aromatic heterocycles. The third-order valence-corrected chi connectivity index (χ3v) is 1.54. The zero-order valence-electron chi connectivity index (χ0n) is 7.64. The van der Waals surface area contributed by atoms with Gasteiger partial charge in [0.25, 0.3) is 0 Å². The first-order valence-electron chi connectivity index (χ1n) is 4.18. The highest BCUT2D eigenvalue weighted by atomic mass is 16.5. The molecule has 0 amide bonds. The molecular formula is C10H14O3. The van der Waals surface area contributed by atoms with Crippen LogP contribution in [0.25, 0.3) is 0 Å². The summed E-state index contributed by atoms with van der Waals surface area (Å²) < 4.78 is 10.1. The molecule has 0 saturated carbocycles. The molecule has 0 spiro atoms. The van der Waals surface area contributed by atoms with E-state index >= 15 is 0 Å². The second kappa shape index (κ2) is 5.56. The Kier molecular flexibility index (Phi) is 4.29. The van der Waals surface area contributed by atoms with Gasteiger partial charge in [-0.2, -0.15) is 0 Å². The summed E-state index contributed by atoms with van der Waals surface area (Å²) in [5, 5.41) is 9.26. The fourth-order valence-corrected chi connectivity index (χ4v) is 0.950. The normalized spacial score (nSPS) is 12.5. The first-order chi connectivity index (χ1) is 6.33. The Morgan fingerprint density at radius 1 is 1.23 bits per heavy atom. The van der Waals surface area contributed by atoms with Crippen molar-refractivity contribution in [2.75, 3.05) is 20.3 Å². The number of methoxy groups -OCH3 is 1. The molecule has 3 heteroatoms. The van der Waals surface area contributed by atoms with Gasteiger partial charge in [-0.1, -0.05) is 18.2 Å². The lowest BCUT2D eigenvalue weighted by Crippen LogP contribution is -2.22. The minimum atomic E-state index is -0.565. The van der Waals surface area contributed by atoms with Crippen molar-refractivity contribution >= 4 is 0 Å². The van der Waals surface area contributed by atoms with E-state index in [4.69, 9.17) is 9.47 Å². The summed E-state index contributed by atoms with van der Waals surface area (Å²) in [6.07, 6.45) is -0.565. The van der Waals surface area contributed by atoms with Gasteiger partial charge in [0, 0.05) is 7.11 Å². The van der Waals surface area contributed by atoms with Crippen LogP contribution in [0.5, 0.6) is 5.75 Å². The van der Waals surface area contributed by atoms with Crippen LogP contribution in [-0.4, -0.2) is 31.5 Å². The summed E-state index contributed by atoms with van der Waals surface area (Å²) in [7, 11) is 1.55. The van der Waals surface area contributed by atoms with Crippen molar-refractivity contribution in [3.63, 3.8) is 0 Å². The van der Waals surface area contributed by atoms with Gasteiger partial charge in [0.15, 0.2) is 0 Å². The zero-order valence-corrected chi connectivity index (χ0v) is 7.64. The minimum Gasteiger partial charge on any atom is -0.491 e. The monoisotopic (exact) mass is 182 g/mol. The summed E-state index contributed by atoms with van der Waals surface area (Å²) in [5.74, 6) is 0.762. The van der Waals surface area contributed by atoms with Gasteiger partial charge in [0.1, 0.15) is 18.5 Å². The van der Waals surface area contributed by atoms with E-state index in [9.17, 15) is 5.11 Å². The van der Waals surface area contributed by atoms with Gasteiger partial charge in [0.05, 0.1) is 6.61 Å².